The topological polar surface area (TPSA) is 98.4 Å². The van der Waals surface area contributed by atoms with E-state index >= 15 is 0 Å². The Kier molecular flexibility index (Phi) is 9.85. The zero-order chi connectivity index (χ0) is 25.3. The first kappa shape index (κ1) is 26.6. The average Bonchev–Trinajstić information content (AvgIpc) is 2.85. The van der Waals surface area contributed by atoms with E-state index in [1.54, 1.807) is 51.5 Å². The fraction of sp³-hybridized carbons (Fsp3) is 0.440. The van der Waals surface area contributed by atoms with Crippen LogP contribution in [0.4, 0.5) is 10.5 Å². The van der Waals surface area contributed by atoms with Crippen molar-refractivity contribution < 1.29 is 28.5 Å². The highest BCUT2D eigenvalue weighted by atomic mass is 16.5. The predicted octanol–water partition coefficient (Wildman–Crippen LogP) is 3.57. The van der Waals surface area contributed by atoms with Crippen molar-refractivity contribution in [1.29, 1.82) is 0 Å². The molecule has 3 amide bonds. The van der Waals surface area contributed by atoms with E-state index in [0.29, 0.717) is 41.7 Å². The number of benzene rings is 2. The molecule has 2 N–H and O–H groups in total. The van der Waals surface area contributed by atoms with Gasteiger partial charge in [-0.25, -0.2) is 4.79 Å². The summed E-state index contributed by atoms with van der Waals surface area (Å²) in [6.07, 6.45) is 0.628. The van der Waals surface area contributed by atoms with Gasteiger partial charge in [-0.3, -0.25) is 4.79 Å². The summed E-state index contributed by atoms with van der Waals surface area (Å²) in [7, 11) is 7.96. The molecule has 9 heteroatoms. The molecule has 0 saturated heterocycles. The number of hydrogen-bond acceptors (Lipinski definition) is 6. The van der Waals surface area contributed by atoms with Crippen LogP contribution in [0.5, 0.6) is 23.0 Å². The normalized spacial score (nSPS) is 11.4. The van der Waals surface area contributed by atoms with Crippen molar-refractivity contribution in [1.82, 2.24) is 10.2 Å². The van der Waals surface area contributed by atoms with Crippen molar-refractivity contribution >= 4 is 17.6 Å². The number of nitrogens with zero attached hydrogens (tertiary/aromatic N) is 1. The van der Waals surface area contributed by atoms with Crippen molar-refractivity contribution in [2.75, 3.05) is 47.3 Å². The van der Waals surface area contributed by atoms with Crippen LogP contribution in [0.1, 0.15) is 19.4 Å². The lowest BCUT2D eigenvalue weighted by atomic mass is 10.0. The van der Waals surface area contributed by atoms with Crippen molar-refractivity contribution in [3.05, 3.63) is 42.0 Å². The Labute approximate surface area is 201 Å². The number of methoxy groups -OCH3 is 4. The van der Waals surface area contributed by atoms with Crippen LogP contribution in [-0.4, -0.2) is 64.9 Å². The Balaban J connectivity index is 2.02. The van der Waals surface area contributed by atoms with E-state index in [1.165, 1.54) is 7.11 Å². The molecule has 0 radical (unpaired) electrons. The maximum atomic E-state index is 13.1. The zero-order valence-electron chi connectivity index (χ0n) is 20.9. The second kappa shape index (κ2) is 12.6. The number of amides is 3. The van der Waals surface area contributed by atoms with Crippen LogP contribution < -0.4 is 29.6 Å². The minimum atomic E-state index is -0.695. The van der Waals surface area contributed by atoms with Crippen molar-refractivity contribution in [3.8, 4) is 23.0 Å². The number of carbonyl (C=O) groups is 2. The summed E-state index contributed by atoms with van der Waals surface area (Å²) < 4.78 is 21.1. The summed E-state index contributed by atoms with van der Waals surface area (Å²) in [6.45, 7) is 4.26. The molecule has 1 atom stereocenters. The van der Waals surface area contributed by atoms with Gasteiger partial charge in [0.1, 0.15) is 17.5 Å². The van der Waals surface area contributed by atoms with Gasteiger partial charge in [0.05, 0.1) is 34.1 Å². The largest absolute Gasteiger partial charge is 0.497 e. The highest BCUT2D eigenvalue weighted by Crippen LogP contribution is 2.29. The first-order chi connectivity index (χ1) is 16.2. The third-order valence-electron chi connectivity index (χ3n) is 5.44. The number of ether oxygens (including phenoxy) is 4. The molecule has 2 rings (SSSR count). The third-order valence-corrected chi connectivity index (χ3v) is 5.44. The van der Waals surface area contributed by atoms with Crippen LogP contribution in [0, 0.1) is 5.92 Å². The number of urea groups is 1. The molecule has 34 heavy (non-hydrogen) atoms. The number of likely N-dealkylation sites (N-methyl/N-ethyl adjacent to an activating group) is 1. The van der Waals surface area contributed by atoms with Gasteiger partial charge in [-0.15, -0.1) is 0 Å². The summed E-state index contributed by atoms with van der Waals surface area (Å²) in [4.78, 5) is 27.4. The summed E-state index contributed by atoms with van der Waals surface area (Å²) in [5, 5.41) is 5.54. The molecule has 0 bridgehead atoms. The first-order valence-corrected chi connectivity index (χ1v) is 11.0. The summed E-state index contributed by atoms with van der Waals surface area (Å²) >= 11 is 0. The molecular weight excluding hydrogens is 438 g/mol. The van der Waals surface area contributed by atoms with Crippen molar-refractivity contribution in [3.63, 3.8) is 0 Å². The lowest BCUT2D eigenvalue weighted by molar-refractivity contribution is -0.132. The van der Waals surface area contributed by atoms with E-state index < -0.39 is 12.1 Å². The Morgan fingerprint density at radius 3 is 2.15 bits per heavy atom. The van der Waals surface area contributed by atoms with Gasteiger partial charge >= 0.3 is 6.03 Å². The lowest BCUT2D eigenvalue weighted by Gasteiger charge is -2.27. The van der Waals surface area contributed by atoms with Gasteiger partial charge in [0.15, 0.2) is 11.5 Å². The minimum absolute atomic E-state index is 0.112. The van der Waals surface area contributed by atoms with Gasteiger partial charge < -0.3 is 34.5 Å². The molecule has 0 aromatic heterocycles. The fourth-order valence-electron chi connectivity index (χ4n) is 3.40. The van der Waals surface area contributed by atoms with E-state index in [1.807, 2.05) is 32.0 Å². The van der Waals surface area contributed by atoms with Crippen LogP contribution in [0.15, 0.2) is 36.4 Å². The van der Waals surface area contributed by atoms with Crippen molar-refractivity contribution in [2.45, 2.75) is 26.3 Å². The Morgan fingerprint density at radius 1 is 0.882 bits per heavy atom. The minimum Gasteiger partial charge on any atom is -0.497 e. The van der Waals surface area contributed by atoms with Crippen molar-refractivity contribution in [2.24, 2.45) is 5.92 Å². The standard InChI is InChI=1S/C25H35N3O6/c1-16(2)23(27-25(30)26-19-10-9-18(31-4)15-21(19)33-6)24(29)28(3)13-12-17-8-11-20(32-5)22(14-17)34-7/h8-11,14-16,23H,12-13H2,1-7H3,(H2,26,27,30). The van der Waals surface area contributed by atoms with Gasteiger partial charge in [0.2, 0.25) is 5.91 Å². The molecule has 2 aromatic carbocycles. The molecule has 9 nitrogen and oxygen atoms in total. The Bertz CT molecular complexity index is 979. The Hall–Kier alpha value is -3.62. The maximum absolute atomic E-state index is 13.1. The van der Waals surface area contributed by atoms with E-state index in [9.17, 15) is 9.59 Å². The Morgan fingerprint density at radius 2 is 1.56 bits per heavy atom. The van der Waals surface area contributed by atoms with Gasteiger partial charge in [0, 0.05) is 19.7 Å². The molecule has 0 aliphatic heterocycles. The molecule has 0 aliphatic rings. The first-order valence-electron chi connectivity index (χ1n) is 11.0. The van der Waals surface area contributed by atoms with Gasteiger partial charge in [-0.2, -0.15) is 0 Å². The van der Waals surface area contributed by atoms with E-state index in [4.69, 9.17) is 18.9 Å². The molecule has 2 aromatic rings. The second-order valence-corrected chi connectivity index (χ2v) is 8.09. The second-order valence-electron chi connectivity index (χ2n) is 8.09. The summed E-state index contributed by atoms with van der Waals surface area (Å²) in [5.74, 6) is 2.07. The summed E-state index contributed by atoms with van der Waals surface area (Å²) in [6, 6.07) is 9.54. The number of hydrogen-bond donors (Lipinski definition) is 2. The molecule has 0 fully saturated rings. The van der Waals surface area contributed by atoms with E-state index in [0.717, 1.165) is 5.56 Å². The van der Waals surface area contributed by atoms with Gasteiger partial charge in [-0.05, 0) is 42.2 Å². The lowest BCUT2D eigenvalue weighted by Crippen LogP contribution is -2.51. The SMILES string of the molecule is COc1ccc(NC(=O)NC(C(=O)N(C)CCc2ccc(OC)c(OC)c2)C(C)C)c(OC)c1. The monoisotopic (exact) mass is 473 g/mol. The molecule has 0 saturated carbocycles. The zero-order valence-corrected chi connectivity index (χ0v) is 20.9. The predicted molar refractivity (Wildman–Crippen MR) is 131 cm³/mol. The molecule has 0 spiro atoms. The maximum Gasteiger partial charge on any atom is 0.320 e. The van der Waals surface area contributed by atoms with Crippen LogP contribution in [0.3, 0.4) is 0 Å². The van der Waals surface area contributed by atoms with Crippen LogP contribution >= 0.6 is 0 Å². The van der Waals surface area contributed by atoms with Crippen LogP contribution in [0.2, 0.25) is 0 Å². The van der Waals surface area contributed by atoms with Crippen LogP contribution in [0.25, 0.3) is 0 Å². The summed E-state index contributed by atoms with van der Waals surface area (Å²) in [5.41, 5.74) is 1.48. The highest BCUT2D eigenvalue weighted by Gasteiger charge is 2.27. The average molecular weight is 474 g/mol. The molecule has 1 unspecified atom stereocenters. The number of carbonyl (C=O) groups excluding carboxylic acids is 2. The van der Waals surface area contributed by atoms with Gasteiger partial charge in [-0.1, -0.05) is 19.9 Å². The third kappa shape index (κ3) is 6.94. The smallest absolute Gasteiger partial charge is 0.320 e. The molecule has 186 valence electrons. The number of rotatable bonds is 11. The highest BCUT2D eigenvalue weighted by molar-refractivity contribution is 5.95. The van der Waals surface area contributed by atoms with Crippen LogP contribution in [-0.2, 0) is 11.2 Å². The van der Waals surface area contributed by atoms with E-state index in [-0.39, 0.29) is 11.8 Å². The number of anilines is 1. The van der Waals surface area contributed by atoms with Gasteiger partial charge in [0.25, 0.3) is 0 Å². The van der Waals surface area contributed by atoms with E-state index in [2.05, 4.69) is 10.6 Å². The molecule has 0 heterocycles. The molecular formula is C25H35N3O6. The fourth-order valence-corrected chi connectivity index (χ4v) is 3.40. The molecule has 0 aliphatic carbocycles. The number of nitrogens with one attached hydrogen (secondary N) is 2. The quantitative estimate of drug-likeness (QED) is 0.518.